The van der Waals surface area contributed by atoms with Crippen LogP contribution in [0.5, 0.6) is 0 Å². The van der Waals surface area contributed by atoms with Crippen LogP contribution in [0.15, 0.2) is 12.4 Å². The monoisotopic (exact) mass is 267 g/mol. The van der Waals surface area contributed by atoms with Crippen molar-refractivity contribution in [2.75, 3.05) is 27.4 Å². The van der Waals surface area contributed by atoms with Gasteiger partial charge in [0.15, 0.2) is 0 Å². The Hall–Kier alpha value is -0.910. The van der Waals surface area contributed by atoms with E-state index in [4.69, 9.17) is 9.47 Å². The van der Waals surface area contributed by atoms with Crippen molar-refractivity contribution < 1.29 is 9.47 Å². The van der Waals surface area contributed by atoms with Gasteiger partial charge >= 0.3 is 0 Å². The van der Waals surface area contributed by atoms with Crippen LogP contribution in [0.2, 0.25) is 0 Å². The molecule has 0 radical (unpaired) electrons. The zero-order valence-corrected chi connectivity index (χ0v) is 12.0. The maximum absolute atomic E-state index is 5.51. The molecule has 1 aromatic heterocycles. The predicted molar refractivity (Wildman–Crippen MR) is 74.1 cm³/mol. The Kier molecular flexibility index (Phi) is 5.82. The van der Waals surface area contributed by atoms with Crippen molar-refractivity contribution >= 4 is 0 Å². The third-order valence-corrected chi connectivity index (χ3v) is 3.84. The Morgan fingerprint density at radius 2 is 2.32 bits per heavy atom. The quantitative estimate of drug-likeness (QED) is 0.765. The fraction of sp³-hybridized carbons (Fsp3) is 0.786. The fourth-order valence-corrected chi connectivity index (χ4v) is 2.77. The first-order valence-corrected chi connectivity index (χ1v) is 7.09. The van der Waals surface area contributed by atoms with Crippen LogP contribution in [0.4, 0.5) is 0 Å². The number of nitrogens with zero attached hydrogens (tertiary/aromatic N) is 2. The Morgan fingerprint density at radius 1 is 1.42 bits per heavy atom. The van der Waals surface area contributed by atoms with E-state index in [-0.39, 0.29) is 0 Å². The highest BCUT2D eigenvalue weighted by molar-refractivity contribution is 4.96. The zero-order valence-electron chi connectivity index (χ0n) is 12.0. The summed E-state index contributed by atoms with van der Waals surface area (Å²) in [5, 5.41) is 3.35. The average Bonchev–Trinajstić information content (AvgIpc) is 2.92. The number of imidazole rings is 1. The highest BCUT2D eigenvalue weighted by Gasteiger charge is 2.24. The predicted octanol–water partition coefficient (Wildman–Crippen LogP) is 1.75. The van der Waals surface area contributed by atoms with E-state index in [1.54, 1.807) is 7.11 Å². The molecule has 2 atom stereocenters. The lowest BCUT2D eigenvalue weighted by atomic mass is 9.92. The van der Waals surface area contributed by atoms with Gasteiger partial charge in [0.2, 0.25) is 0 Å². The number of rotatable bonds is 7. The molecule has 2 unspecified atom stereocenters. The molecule has 1 aliphatic rings. The van der Waals surface area contributed by atoms with Crippen molar-refractivity contribution in [3.63, 3.8) is 0 Å². The molecule has 19 heavy (non-hydrogen) atoms. The van der Waals surface area contributed by atoms with Crippen molar-refractivity contribution in [1.29, 1.82) is 0 Å². The lowest BCUT2D eigenvalue weighted by Crippen LogP contribution is -2.27. The summed E-state index contributed by atoms with van der Waals surface area (Å²) in [4.78, 5) is 4.46. The molecule has 108 valence electrons. The van der Waals surface area contributed by atoms with Gasteiger partial charge in [0.25, 0.3) is 0 Å². The highest BCUT2D eigenvalue weighted by atomic mass is 16.5. The zero-order chi connectivity index (χ0) is 13.5. The van der Waals surface area contributed by atoms with Gasteiger partial charge in [0.1, 0.15) is 5.82 Å². The van der Waals surface area contributed by atoms with E-state index in [9.17, 15) is 0 Å². The van der Waals surface area contributed by atoms with Gasteiger partial charge < -0.3 is 19.4 Å². The van der Waals surface area contributed by atoms with Gasteiger partial charge in [-0.2, -0.15) is 0 Å². The first kappa shape index (κ1) is 14.5. The summed E-state index contributed by atoms with van der Waals surface area (Å²) in [5.74, 6) is 1.11. The van der Waals surface area contributed by atoms with Crippen molar-refractivity contribution in [3.8, 4) is 0 Å². The Bertz CT molecular complexity index is 367. The molecule has 0 aromatic carbocycles. The second-order valence-corrected chi connectivity index (χ2v) is 5.10. The van der Waals surface area contributed by atoms with Crippen LogP contribution in [0.1, 0.15) is 37.5 Å². The summed E-state index contributed by atoms with van der Waals surface area (Å²) >= 11 is 0. The molecule has 1 aromatic rings. The molecule has 0 aliphatic heterocycles. The van der Waals surface area contributed by atoms with E-state index in [1.807, 2.05) is 13.3 Å². The molecule has 2 rings (SSSR count). The van der Waals surface area contributed by atoms with E-state index in [0.29, 0.717) is 12.1 Å². The number of ether oxygens (including phenoxy) is 2. The maximum Gasteiger partial charge on any atom is 0.122 e. The Labute approximate surface area is 115 Å². The van der Waals surface area contributed by atoms with Crippen LogP contribution >= 0.6 is 0 Å². The number of hydrogen-bond donors (Lipinski definition) is 1. The van der Waals surface area contributed by atoms with Crippen molar-refractivity contribution in [1.82, 2.24) is 14.9 Å². The largest absolute Gasteiger partial charge is 0.383 e. The normalized spacial score (nSPS) is 23.7. The van der Waals surface area contributed by atoms with Crippen LogP contribution in [-0.4, -0.2) is 43.0 Å². The first-order valence-electron chi connectivity index (χ1n) is 7.09. The third-order valence-electron chi connectivity index (χ3n) is 3.84. The van der Waals surface area contributed by atoms with Crippen LogP contribution in [0.25, 0.3) is 0 Å². The van der Waals surface area contributed by atoms with E-state index < -0.39 is 0 Å². The molecule has 1 saturated carbocycles. The minimum atomic E-state index is 0.399. The van der Waals surface area contributed by atoms with Gasteiger partial charge in [-0.3, -0.25) is 0 Å². The molecule has 0 spiro atoms. The number of aromatic nitrogens is 2. The Balaban J connectivity index is 1.90. The molecule has 1 N–H and O–H groups in total. The molecule has 5 heteroatoms. The number of hydrogen-bond acceptors (Lipinski definition) is 4. The third kappa shape index (κ3) is 4.03. The van der Waals surface area contributed by atoms with Crippen LogP contribution in [0, 0.1) is 0 Å². The van der Waals surface area contributed by atoms with Gasteiger partial charge in [-0.1, -0.05) is 0 Å². The number of nitrogens with one attached hydrogen (secondary N) is 1. The summed E-state index contributed by atoms with van der Waals surface area (Å²) < 4.78 is 12.8. The van der Waals surface area contributed by atoms with Crippen molar-refractivity contribution in [2.45, 2.75) is 44.4 Å². The summed E-state index contributed by atoms with van der Waals surface area (Å²) in [6, 6.07) is 0.528. The summed E-state index contributed by atoms with van der Waals surface area (Å²) in [6.07, 6.45) is 9.12. The van der Waals surface area contributed by atoms with Gasteiger partial charge in [0, 0.05) is 39.2 Å². The smallest absolute Gasteiger partial charge is 0.122 e. The number of methoxy groups -OCH3 is 2. The average molecular weight is 267 g/mol. The lowest BCUT2D eigenvalue weighted by Gasteiger charge is -2.30. The molecular formula is C14H25N3O2. The lowest BCUT2D eigenvalue weighted by molar-refractivity contribution is 0.0525. The van der Waals surface area contributed by atoms with Crippen molar-refractivity contribution in [2.24, 2.45) is 0 Å². The molecular weight excluding hydrogens is 242 g/mol. The van der Waals surface area contributed by atoms with E-state index in [1.165, 1.54) is 19.3 Å². The van der Waals surface area contributed by atoms with Gasteiger partial charge in [0.05, 0.1) is 19.3 Å². The second kappa shape index (κ2) is 7.62. The Morgan fingerprint density at radius 3 is 3.11 bits per heavy atom. The van der Waals surface area contributed by atoms with Crippen molar-refractivity contribution in [3.05, 3.63) is 18.2 Å². The summed E-state index contributed by atoms with van der Waals surface area (Å²) in [6.45, 7) is 2.38. The minimum absolute atomic E-state index is 0.399. The first-order chi connectivity index (χ1) is 9.35. The van der Waals surface area contributed by atoms with Gasteiger partial charge in [-0.15, -0.1) is 0 Å². The molecule has 5 nitrogen and oxygen atoms in total. The molecule has 0 bridgehead atoms. The van der Waals surface area contributed by atoms with Crippen LogP contribution in [0.3, 0.4) is 0 Å². The van der Waals surface area contributed by atoms with Gasteiger partial charge in [-0.05, 0) is 25.7 Å². The molecule has 0 saturated heterocycles. The van der Waals surface area contributed by atoms with Crippen LogP contribution < -0.4 is 5.32 Å². The SMILES string of the molecule is COCCNCc1nccn1C1CCCC(OC)C1. The molecule has 1 fully saturated rings. The molecule has 0 amide bonds. The molecule has 1 aliphatic carbocycles. The maximum atomic E-state index is 5.51. The van der Waals surface area contributed by atoms with Crippen LogP contribution in [-0.2, 0) is 16.0 Å². The van der Waals surface area contributed by atoms with E-state index in [2.05, 4.69) is 21.1 Å². The topological polar surface area (TPSA) is 48.3 Å². The van der Waals surface area contributed by atoms with E-state index >= 15 is 0 Å². The molecule has 1 heterocycles. The second-order valence-electron chi connectivity index (χ2n) is 5.10. The van der Waals surface area contributed by atoms with E-state index in [0.717, 1.165) is 31.9 Å². The summed E-state index contributed by atoms with van der Waals surface area (Å²) in [5.41, 5.74) is 0. The fourth-order valence-electron chi connectivity index (χ4n) is 2.77. The highest BCUT2D eigenvalue weighted by Crippen LogP contribution is 2.30. The van der Waals surface area contributed by atoms with Gasteiger partial charge in [-0.25, -0.2) is 4.98 Å². The summed E-state index contributed by atoms with van der Waals surface area (Å²) in [7, 11) is 3.53. The standard InChI is InChI=1S/C14H25N3O2/c1-18-9-7-15-11-14-16-6-8-17(14)12-4-3-5-13(10-12)19-2/h6,8,12-13,15H,3-5,7,9-11H2,1-2H3. The minimum Gasteiger partial charge on any atom is -0.383 e.